The van der Waals surface area contributed by atoms with E-state index in [-0.39, 0.29) is 31.4 Å². The van der Waals surface area contributed by atoms with Gasteiger partial charge in [0.15, 0.2) is 18.1 Å². The van der Waals surface area contributed by atoms with E-state index in [2.05, 4.69) is 10.2 Å². The molecule has 3 N–H and O–H groups in total. The maximum atomic E-state index is 10.9. The van der Waals surface area contributed by atoms with Crippen molar-refractivity contribution in [2.75, 3.05) is 53.1 Å². The van der Waals surface area contributed by atoms with Crippen LogP contribution in [0.5, 0.6) is 11.5 Å². The van der Waals surface area contributed by atoms with Crippen LogP contribution in [0.1, 0.15) is 5.56 Å². The number of morpholine rings is 1. The number of hydrogen-bond donors (Lipinski definition) is 2. The van der Waals surface area contributed by atoms with E-state index in [0.717, 1.165) is 45.0 Å². The molecule has 0 radical (unpaired) electrons. The van der Waals surface area contributed by atoms with Crippen LogP contribution in [0, 0.1) is 0 Å². The number of nitrogens with zero attached hydrogens (tertiary/aromatic N) is 1. The highest BCUT2D eigenvalue weighted by atomic mass is 35.5. The lowest BCUT2D eigenvalue weighted by atomic mass is 10.2. The molecule has 2 rings (SSSR count). The third-order valence-corrected chi connectivity index (χ3v) is 3.66. The topological polar surface area (TPSA) is 86.1 Å². The Morgan fingerprint density at radius 1 is 1.32 bits per heavy atom. The molecule has 0 bridgehead atoms. The quantitative estimate of drug-likeness (QED) is 0.406. The molecule has 0 saturated carbocycles. The largest absolute Gasteiger partial charge is 1.00 e. The monoisotopic (exact) mass is 393 g/mol. The third kappa shape index (κ3) is 8.11. The summed E-state index contributed by atoms with van der Waals surface area (Å²) in [6.07, 6.45) is 0. The molecular weight excluding hydrogens is 369 g/mol. The molecule has 1 aromatic carbocycles. The molecule has 1 fully saturated rings. The van der Waals surface area contributed by atoms with Crippen LogP contribution in [-0.2, 0) is 16.1 Å². The summed E-state index contributed by atoms with van der Waals surface area (Å²) >= 11 is 0. The number of benzene rings is 1. The van der Waals surface area contributed by atoms with Gasteiger partial charge in [0.2, 0.25) is 0 Å². The lowest BCUT2D eigenvalue weighted by molar-refractivity contribution is -0.120. The zero-order valence-corrected chi connectivity index (χ0v) is 15.8. The van der Waals surface area contributed by atoms with E-state index in [0.29, 0.717) is 18.0 Å². The van der Waals surface area contributed by atoms with Gasteiger partial charge in [-0.05, 0) is 6.07 Å². The summed E-state index contributed by atoms with van der Waals surface area (Å²) in [5.41, 5.74) is 6.09. The molecule has 0 unspecified atom stereocenters. The zero-order chi connectivity index (χ0) is 16.5. The van der Waals surface area contributed by atoms with E-state index in [4.69, 9.17) is 19.9 Å². The summed E-state index contributed by atoms with van der Waals surface area (Å²) in [4.78, 5) is 13.3. The molecule has 0 atom stereocenters. The number of ether oxygens (including phenoxy) is 3. The number of nitrogens with two attached hydrogens (primary N) is 1. The summed E-state index contributed by atoms with van der Waals surface area (Å²) in [6, 6.07) is 5.64. The second-order valence-electron chi connectivity index (χ2n) is 5.33. The first-order valence-corrected chi connectivity index (χ1v) is 7.78. The second kappa shape index (κ2) is 13.0. The SMILES string of the molecule is COc1cccc(CNCCN2CCOCC2)c1OCC(N)=O.[Cl-].[Cl-]. The summed E-state index contributed by atoms with van der Waals surface area (Å²) in [5, 5.41) is 3.39. The molecule has 9 heteroatoms. The normalized spacial score (nSPS) is 14.1. The number of carbonyl (C=O) groups is 1. The van der Waals surface area contributed by atoms with Crippen LogP contribution in [0.15, 0.2) is 18.2 Å². The summed E-state index contributed by atoms with van der Waals surface area (Å²) < 4.78 is 16.1. The minimum atomic E-state index is -0.512. The van der Waals surface area contributed by atoms with E-state index < -0.39 is 5.91 Å². The van der Waals surface area contributed by atoms with Gasteiger partial charge in [-0.3, -0.25) is 9.69 Å². The number of methoxy groups -OCH3 is 1. The number of hydrogen-bond acceptors (Lipinski definition) is 6. The van der Waals surface area contributed by atoms with Gasteiger partial charge in [0.1, 0.15) is 0 Å². The molecule has 0 spiro atoms. The van der Waals surface area contributed by atoms with Crippen molar-refractivity contribution in [2.24, 2.45) is 5.73 Å². The molecule has 25 heavy (non-hydrogen) atoms. The zero-order valence-electron chi connectivity index (χ0n) is 14.3. The molecular formula is C16H25Cl2N3O4-2. The fourth-order valence-corrected chi connectivity index (χ4v) is 2.45. The minimum Gasteiger partial charge on any atom is -1.00 e. The van der Waals surface area contributed by atoms with Crippen LogP contribution < -0.4 is 45.3 Å². The van der Waals surface area contributed by atoms with Crippen molar-refractivity contribution in [2.45, 2.75) is 6.54 Å². The first-order chi connectivity index (χ1) is 11.2. The van der Waals surface area contributed by atoms with Gasteiger partial charge >= 0.3 is 0 Å². The number of para-hydroxylation sites is 1. The maximum absolute atomic E-state index is 10.9. The first-order valence-electron chi connectivity index (χ1n) is 7.78. The van der Waals surface area contributed by atoms with Crippen molar-refractivity contribution in [3.05, 3.63) is 23.8 Å². The molecule has 1 aromatic rings. The molecule has 1 aliphatic heterocycles. The first kappa shape index (κ1) is 23.8. The van der Waals surface area contributed by atoms with E-state index in [1.807, 2.05) is 12.1 Å². The Morgan fingerprint density at radius 3 is 2.68 bits per heavy atom. The van der Waals surface area contributed by atoms with E-state index in [1.165, 1.54) is 0 Å². The predicted octanol–water partition coefficient (Wildman–Crippen LogP) is -6.01. The van der Waals surface area contributed by atoms with Crippen molar-refractivity contribution in [3.63, 3.8) is 0 Å². The number of amides is 1. The number of primary amides is 1. The standard InChI is InChI=1S/C16H25N3O4.2ClH/c1-21-14-4-2-3-13(16(14)23-12-15(17)20)11-18-5-6-19-7-9-22-10-8-19;;/h2-4,18H,5-12H2,1H3,(H2,17,20);2*1H/p-2. The molecule has 1 saturated heterocycles. The van der Waals surface area contributed by atoms with Crippen molar-refractivity contribution in [1.82, 2.24) is 10.2 Å². The number of carbonyl (C=O) groups excluding carboxylic acids is 1. The lowest BCUT2D eigenvalue weighted by Crippen LogP contribution is -3.00. The van der Waals surface area contributed by atoms with Gasteiger partial charge in [0.05, 0.1) is 20.3 Å². The molecule has 1 aliphatic rings. The van der Waals surface area contributed by atoms with Crippen molar-refractivity contribution >= 4 is 5.91 Å². The molecule has 144 valence electrons. The minimum absolute atomic E-state index is 0. The predicted molar refractivity (Wildman–Crippen MR) is 86.6 cm³/mol. The van der Waals surface area contributed by atoms with Crippen molar-refractivity contribution in [3.8, 4) is 11.5 Å². The summed E-state index contributed by atoms with van der Waals surface area (Å²) in [5.74, 6) is 0.647. The second-order valence-corrected chi connectivity index (χ2v) is 5.33. The Balaban J connectivity index is 0.00000288. The van der Waals surface area contributed by atoms with E-state index >= 15 is 0 Å². The van der Waals surface area contributed by atoms with Gasteiger partial charge in [-0.15, -0.1) is 0 Å². The lowest BCUT2D eigenvalue weighted by Gasteiger charge is -2.26. The van der Waals surface area contributed by atoms with Gasteiger partial charge in [0.25, 0.3) is 5.91 Å². The number of nitrogens with one attached hydrogen (secondary N) is 1. The summed E-state index contributed by atoms with van der Waals surface area (Å²) in [6.45, 7) is 5.89. The van der Waals surface area contributed by atoms with Crippen LogP contribution in [0.3, 0.4) is 0 Å². The highest BCUT2D eigenvalue weighted by molar-refractivity contribution is 5.75. The Hall–Kier alpha value is -1.25. The van der Waals surface area contributed by atoms with E-state index in [1.54, 1.807) is 13.2 Å². The Kier molecular flexibility index (Phi) is 12.4. The Labute approximate surface area is 161 Å². The fourth-order valence-electron chi connectivity index (χ4n) is 2.45. The Morgan fingerprint density at radius 2 is 2.04 bits per heavy atom. The average Bonchev–Trinajstić information content (AvgIpc) is 2.58. The van der Waals surface area contributed by atoms with Crippen LogP contribution in [0.25, 0.3) is 0 Å². The fraction of sp³-hybridized carbons (Fsp3) is 0.562. The van der Waals surface area contributed by atoms with Crippen molar-refractivity contribution in [1.29, 1.82) is 0 Å². The van der Waals surface area contributed by atoms with Gasteiger partial charge in [0, 0.05) is 38.3 Å². The summed E-state index contributed by atoms with van der Waals surface area (Å²) in [7, 11) is 1.57. The number of halogens is 2. The maximum Gasteiger partial charge on any atom is 0.255 e. The van der Waals surface area contributed by atoms with Crippen LogP contribution in [0.4, 0.5) is 0 Å². The smallest absolute Gasteiger partial charge is 0.255 e. The van der Waals surface area contributed by atoms with Gasteiger partial charge < -0.3 is 50.1 Å². The van der Waals surface area contributed by atoms with Crippen LogP contribution >= 0.6 is 0 Å². The van der Waals surface area contributed by atoms with E-state index in [9.17, 15) is 4.79 Å². The van der Waals surface area contributed by atoms with Crippen LogP contribution in [-0.4, -0.2) is 63.9 Å². The third-order valence-electron chi connectivity index (χ3n) is 3.66. The Bertz CT molecular complexity index is 514. The van der Waals surface area contributed by atoms with Gasteiger partial charge in [-0.25, -0.2) is 0 Å². The molecule has 0 aromatic heterocycles. The average molecular weight is 394 g/mol. The van der Waals surface area contributed by atoms with Gasteiger partial charge in [-0.2, -0.15) is 0 Å². The molecule has 1 heterocycles. The molecule has 0 aliphatic carbocycles. The highest BCUT2D eigenvalue weighted by Crippen LogP contribution is 2.30. The van der Waals surface area contributed by atoms with Crippen LogP contribution in [0.2, 0.25) is 0 Å². The number of rotatable bonds is 9. The molecule has 1 amide bonds. The molecule has 7 nitrogen and oxygen atoms in total. The highest BCUT2D eigenvalue weighted by Gasteiger charge is 2.12. The van der Waals surface area contributed by atoms with Crippen molar-refractivity contribution < 1.29 is 43.8 Å². The van der Waals surface area contributed by atoms with Gasteiger partial charge in [-0.1, -0.05) is 12.1 Å².